The van der Waals surface area contributed by atoms with Gasteiger partial charge in [0.05, 0.1) is 70.9 Å². The molecule has 0 unspecified atom stereocenters. The summed E-state index contributed by atoms with van der Waals surface area (Å²) in [5.41, 5.74) is 15.9. The van der Waals surface area contributed by atoms with E-state index < -0.39 is 11.9 Å². The summed E-state index contributed by atoms with van der Waals surface area (Å²) >= 11 is 0. The highest BCUT2D eigenvalue weighted by molar-refractivity contribution is 5.98. The molecule has 310 valence electrons. The van der Waals surface area contributed by atoms with Crippen LogP contribution in [0.4, 0.5) is 0 Å². The van der Waals surface area contributed by atoms with Gasteiger partial charge in [0.2, 0.25) is 0 Å². The number of ether oxygens (including phenoxy) is 2. The molecule has 64 heavy (non-hydrogen) atoms. The number of carbonyl (C=O) groups excluding carboxylic acids is 2. The Morgan fingerprint density at radius 3 is 1.19 bits per heavy atom. The number of hydrogen-bond acceptors (Lipinski definition) is 8. The summed E-state index contributed by atoms with van der Waals surface area (Å²) in [5, 5.41) is 30.9. The third-order valence-corrected chi connectivity index (χ3v) is 11.1. The lowest BCUT2D eigenvalue weighted by Gasteiger charge is -2.08. The fourth-order valence-electron chi connectivity index (χ4n) is 7.74. The van der Waals surface area contributed by atoms with E-state index in [-0.39, 0.29) is 0 Å². The minimum Gasteiger partial charge on any atom is -0.465 e. The van der Waals surface area contributed by atoms with Crippen LogP contribution in [-0.4, -0.2) is 66.9 Å². The van der Waals surface area contributed by atoms with Crippen molar-refractivity contribution in [3.63, 3.8) is 0 Å². The number of benzene rings is 6. The molecule has 0 aliphatic heterocycles. The van der Waals surface area contributed by atoms with Crippen molar-refractivity contribution in [2.75, 3.05) is 14.2 Å². The van der Waals surface area contributed by atoms with Crippen molar-refractivity contribution in [1.29, 1.82) is 0 Å². The molecule has 4 N–H and O–H groups in total. The van der Waals surface area contributed by atoms with E-state index in [1.54, 1.807) is 18.2 Å². The van der Waals surface area contributed by atoms with Gasteiger partial charge in [0.15, 0.2) is 0 Å². The van der Waals surface area contributed by atoms with Gasteiger partial charge >= 0.3 is 11.9 Å². The molecule has 0 aliphatic carbocycles. The Balaban J connectivity index is 0.859. The number of hydrogen-bond donors (Lipinski definition) is 4. The maximum Gasteiger partial charge on any atom is 0.338 e. The third-order valence-electron chi connectivity index (χ3n) is 11.1. The van der Waals surface area contributed by atoms with E-state index in [9.17, 15) is 9.59 Å². The van der Waals surface area contributed by atoms with Gasteiger partial charge in [-0.1, -0.05) is 115 Å². The first kappa shape index (κ1) is 39.2. The van der Waals surface area contributed by atoms with E-state index in [1.165, 1.54) is 14.2 Å². The van der Waals surface area contributed by atoms with Gasteiger partial charge in [0.1, 0.15) is 0 Å². The molecule has 10 aromatic rings. The number of aromatic nitrogens is 8. The molecule has 4 heterocycles. The van der Waals surface area contributed by atoms with E-state index in [4.69, 9.17) is 9.47 Å². The molecule has 0 saturated carbocycles. The first-order valence-corrected chi connectivity index (χ1v) is 20.4. The van der Waals surface area contributed by atoms with E-state index in [1.807, 2.05) is 103 Å². The van der Waals surface area contributed by atoms with Crippen molar-refractivity contribution < 1.29 is 19.1 Å². The minimum absolute atomic E-state index is 0.400. The Hall–Kier alpha value is -8.90. The maximum atomic E-state index is 12.8. The van der Waals surface area contributed by atoms with Crippen molar-refractivity contribution in [2.45, 2.75) is 0 Å². The van der Waals surface area contributed by atoms with Gasteiger partial charge in [-0.25, -0.2) is 9.59 Å². The van der Waals surface area contributed by atoms with Gasteiger partial charge in [0, 0.05) is 22.3 Å². The zero-order valence-electron chi connectivity index (χ0n) is 34.6. The number of nitrogens with one attached hydrogen (secondary N) is 4. The number of nitrogens with zero attached hydrogens (tertiary/aromatic N) is 4. The Labute approximate surface area is 367 Å². The summed E-state index contributed by atoms with van der Waals surface area (Å²) in [7, 11) is 2.74. The van der Waals surface area contributed by atoms with Crippen LogP contribution in [0.1, 0.15) is 20.7 Å². The van der Waals surface area contributed by atoms with Crippen molar-refractivity contribution >= 4 is 11.9 Å². The SMILES string of the molecule is COC(=O)c1cc(-c2cc(-c3ccccc3)[nH]n2)cc(-c2cc(-c3ccc(-c4ccc(-c5cc(-c6ccc(C(=O)OC)c(-c7cc(-c8ccccc8)[nH]n7)c6)n[nH]5)cc4)cc3)[nH]n2)c1. The molecule has 0 amide bonds. The molecule has 0 radical (unpaired) electrons. The van der Waals surface area contributed by atoms with Gasteiger partial charge in [-0.3, -0.25) is 20.4 Å². The molecule has 4 aromatic heterocycles. The van der Waals surface area contributed by atoms with Crippen LogP contribution in [0.2, 0.25) is 0 Å². The monoisotopic (exact) mass is 838 g/mol. The van der Waals surface area contributed by atoms with Crippen LogP contribution in [0.15, 0.2) is 170 Å². The fourth-order valence-corrected chi connectivity index (χ4v) is 7.74. The summed E-state index contributed by atoms with van der Waals surface area (Å²) in [4.78, 5) is 25.5. The van der Waals surface area contributed by atoms with Gasteiger partial charge < -0.3 is 9.47 Å². The maximum absolute atomic E-state index is 12.8. The molecule has 0 saturated heterocycles. The van der Waals surface area contributed by atoms with Crippen LogP contribution in [0.5, 0.6) is 0 Å². The zero-order valence-corrected chi connectivity index (χ0v) is 34.6. The van der Waals surface area contributed by atoms with Gasteiger partial charge in [-0.05, 0) is 88.0 Å². The van der Waals surface area contributed by atoms with Crippen molar-refractivity contribution in [3.05, 3.63) is 181 Å². The van der Waals surface area contributed by atoms with E-state index >= 15 is 0 Å². The smallest absolute Gasteiger partial charge is 0.338 e. The van der Waals surface area contributed by atoms with Gasteiger partial charge in [-0.15, -0.1) is 0 Å². The molecule has 10 rings (SSSR count). The lowest BCUT2D eigenvalue weighted by molar-refractivity contribution is 0.0592. The van der Waals surface area contributed by atoms with Crippen molar-refractivity contribution in [1.82, 2.24) is 40.8 Å². The predicted molar refractivity (Wildman–Crippen MR) is 247 cm³/mol. The minimum atomic E-state index is -0.447. The van der Waals surface area contributed by atoms with Crippen LogP contribution >= 0.6 is 0 Å². The highest BCUT2D eigenvalue weighted by Crippen LogP contribution is 2.35. The second-order valence-electron chi connectivity index (χ2n) is 15.1. The standard InChI is InChI=1S/C52H38N8O4/c1-63-51(61)40-24-38(48-28-43(53-58-48)33-9-5-3-6-10-33)23-39(25-40)49-29-45(55-59-49)36-19-15-32(16-20-36)31-13-17-35(18-14-31)44-27-47(57-54-44)37-21-22-41(52(62)64-2)42(26-37)50-30-46(56-60-50)34-11-7-4-8-12-34/h3-30H,1-2H3,(H,53,58)(H,54,57)(H,55,59)(H,56,60). The Morgan fingerprint density at radius 1 is 0.359 bits per heavy atom. The highest BCUT2D eigenvalue weighted by Gasteiger charge is 2.20. The second kappa shape index (κ2) is 16.9. The van der Waals surface area contributed by atoms with Crippen LogP contribution in [0, 0.1) is 0 Å². The lowest BCUT2D eigenvalue weighted by Crippen LogP contribution is -2.04. The van der Waals surface area contributed by atoms with Crippen LogP contribution in [0.3, 0.4) is 0 Å². The number of carbonyl (C=O) groups is 2. The van der Waals surface area contributed by atoms with Crippen LogP contribution in [0.25, 0.3) is 101 Å². The number of methoxy groups -OCH3 is 2. The molecule has 12 nitrogen and oxygen atoms in total. The first-order valence-electron chi connectivity index (χ1n) is 20.4. The second-order valence-corrected chi connectivity index (χ2v) is 15.1. The molecule has 0 fully saturated rings. The molecule has 0 spiro atoms. The number of aromatic amines is 4. The zero-order chi connectivity index (χ0) is 43.6. The topological polar surface area (TPSA) is 167 Å². The summed E-state index contributed by atoms with van der Waals surface area (Å²) in [6.45, 7) is 0. The summed E-state index contributed by atoms with van der Waals surface area (Å²) in [6, 6.07) is 55.3. The molecular weight excluding hydrogens is 801 g/mol. The van der Waals surface area contributed by atoms with Crippen LogP contribution < -0.4 is 0 Å². The van der Waals surface area contributed by atoms with E-state index in [0.29, 0.717) is 33.8 Å². The predicted octanol–water partition coefficient (Wildman–Crippen LogP) is 11.2. The number of H-pyrrole nitrogens is 4. The number of esters is 2. The summed E-state index contributed by atoms with van der Waals surface area (Å²) < 4.78 is 10.2. The molecule has 0 bridgehead atoms. The molecule has 0 atom stereocenters. The Morgan fingerprint density at radius 2 is 0.734 bits per heavy atom. The Bertz CT molecular complexity index is 3270. The molecule has 12 heteroatoms. The lowest BCUT2D eigenvalue weighted by atomic mass is 9.98. The fraction of sp³-hybridized carbons (Fsp3) is 0.0385. The van der Waals surface area contributed by atoms with Crippen LogP contribution in [-0.2, 0) is 9.47 Å². The normalized spacial score (nSPS) is 11.1. The summed E-state index contributed by atoms with van der Waals surface area (Å²) in [6.07, 6.45) is 0. The largest absolute Gasteiger partial charge is 0.465 e. The van der Waals surface area contributed by atoms with Gasteiger partial charge in [-0.2, -0.15) is 20.4 Å². The highest BCUT2D eigenvalue weighted by atomic mass is 16.5. The molecule has 6 aromatic carbocycles. The van der Waals surface area contributed by atoms with Crippen molar-refractivity contribution in [3.8, 4) is 101 Å². The Kier molecular flexibility index (Phi) is 10.3. The third kappa shape index (κ3) is 7.78. The first-order chi connectivity index (χ1) is 31.4. The average molecular weight is 839 g/mol. The van der Waals surface area contributed by atoms with Crippen molar-refractivity contribution in [2.24, 2.45) is 0 Å². The van der Waals surface area contributed by atoms with E-state index in [2.05, 4.69) is 89.3 Å². The van der Waals surface area contributed by atoms with Gasteiger partial charge in [0.25, 0.3) is 0 Å². The average Bonchev–Trinajstić information content (AvgIpc) is 4.22. The number of rotatable bonds is 11. The quantitative estimate of drug-likeness (QED) is 0.0934. The summed E-state index contributed by atoms with van der Waals surface area (Å²) in [5.74, 6) is -0.893. The molecular formula is C52H38N8O4. The van der Waals surface area contributed by atoms with E-state index in [0.717, 1.165) is 78.5 Å². The molecule has 0 aliphatic rings.